The van der Waals surface area contributed by atoms with Crippen molar-refractivity contribution in [3.63, 3.8) is 0 Å². The highest BCUT2D eigenvalue weighted by Crippen LogP contribution is 2.32. The summed E-state index contributed by atoms with van der Waals surface area (Å²) in [5, 5.41) is 0. The van der Waals surface area contributed by atoms with Crippen LogP contribution in [0.2, 0.25) is 0 Å². The fourth-order valence-electron chi connectivity index (χ4n) is 1.72. The van der Waals surface area contributed by atoms with Crippen LogP contribution in [0.3, 0.4) is 0 Å². The van der Waals surface area contributed by atoms with Crippen LogP contribution >= 0.6 is 15.9 Å². The number of benzene rings is 2. The van der Waals surface area contributed by atoms with Crippen molar-refractivity contribution in [1.82, 2.24) is 0 Å². The zero-order valence-electron chi connectivity index (χ0n) is 10.2. The summed E-state index contributed by atoms with van der Waals surface area (Å²) in [5.41, 5.74) is 5.94. The summed E-state index contributed by atoms with van der Waals surface area (Å²) in [7, 11) is 0. The minimum absolute atomic E-state index is 0.0238. The van der Waals surface area contributed by atoms with Gasteiger partial charge in [-0.25, -0.2) is 8.78 Å². The first-order chi connectivity index (χ1) is 8.99. The van der Waals surface area contributed by atoms with Gasteiger partial charge in [-0.15, -0.1) is 0 Å². The molecule has 0 saturated heterocycles. The molecule has 1 atom stereocenters. The van der Waals surface area contributed by atoms with Gasteiger partial charge in [-0.3, -0.25) is 0 Å². The molecule has 19 heavy (non-hydrogen) atoms. The summed E-state index contributed by atoms with van der Waals surface area (Å²) in [5.74, 6) is -0.758. The molecule has 0 radical (unpaired) electrons. The Kier molecular flexibility index (Phi) is 4.17. The van der Waals surface area contributed by atoms with Crippen LogP contribution in [-0.4, -0.2) is 0 Å². The lowest BCUT2D eigenvalue weighted by Crippen LogP contribution is -2.09. The summed E-state index contributed by atoms with van der Waals surface area (Å²) >= 11 is 3.16. The van der Waals surface area contributed by atoms with E-state index in [1.807, 2.05) is 0 Å². The number of halogens is 3. The molecule has 0 amide bonds. The van der Waals surface area contributed by atoms with E-state index in [0.717, 1.165) is 0 Å². The number of hydrogen-bond donors (Lipinski definition) is 1. The van der Waals surface area contributed by atoms with Gasteiger partial charge in [0.05, 0.1) is 0 Å². The number of hydrogen-bond acceptors (Lipinski definition) is 2. The van der Waals surface area contributed by atoms with Gasteiger partial charge in [0.15, 0.2) is 11.6 Å². The molecule has 2 N–H and O–H groups in total. The molecule has 2 nitrogen and oxygen atoms in total. The normalized spacial score (nSPS) is 12.3. The van der Waals surface area contributed by atoms with Crippen LogP contribution in [0.4, 0.5) is 8.78 Å². The second kappa shape index (κ2) is 5.67. The van der Waals surface area contributed by atoms with Gasteiger partial charge in [0.1, 0.15) is 11.6 Å². The molecule has 0 aliphatic heterocycles. The van der Waals surface area contributed by atoms with Crippen molar-refractivity contribution in [1.29, 1.82) is 0 Å². The third-order valence-corrected chi connectivity index (χ3v) is 3.08. The van der Waals surface area contributed by atoms with Crippen molar-refractivity contribution < 1.29 is 13.5 Å². The molecule has 0 aromatic heterocycles. The number of ether oxygens (including phenoxy) is 1. The quantitative estimate of drug-likeness (QED) is 0.898. The van der Waals surface area contributed by atoms with E-state index in [1.54, 1.807) is 19.1 Å². The lowest BCUT2D eigenvalue weighted by Gasteiger charge is -2.14. The van der Waals surface area contributed by atoms with Crippen LogP contribution in [-0.2, 0) is 0 Å². The first kappa shape index (κ1) is 14.0. The Morgan fingerprint density at radius 1 is 1.11 bits per heavy atom. The first-order valence-corrected chi connectivity index (χ1v) is 6.45. The van der Waals surface area contributed by atoms with Gasteiger partial charge in [-0.2, -0.15) is 0 Å². The highest BCUT2D eigenvalue weighted by atomic mass is 79.9. The van der Waals surface area contributed by atoms with Gasteiger partial charge >= 0.3 is 0 Å². The molecule has 0 bridgehead atoms. The van der Waals surface area contributed by atoms with Crippen molar-refractivity contribution in [2.24, 2.45) is 5.73 Å². The minimum atomic E-state index is -0.547. The van der Waals surface area contributed by atoms with Crippen molar-refractivity contribution in [3.05, 3.63) is 58.1 Å². The van der Waals surface area contributed by atoms with E-state index >= 15 is 0 Å². The maximum absolute atomic E-state index is 13.7. The molecule has 5 heteroatoms. The topological polar surface area (TPSA) is 35.2 Å². The maximum atomic E-state index is 13.7. The van der Waals surface area contributed by atoms with E-state index in [1.165, 1.54) is 24.3 Å². The molecule has 0 heterocycles. The molecule has 0 spiro atoms. The van der Waals surface area contributed by atoms with E-state index in [2.05, 4.69) is 15.9 Å². The molecule has 0 aliphatic carbocycles. The molecule has 0 aliphatic rings. The molecule has 2 aromatic carbocycles. The minimum Gasteiger partial charge on any atom is -0.454 e. The molecule has 2 aromatic rings. The van der Waals surface area contributed by atoms with Crippen molar-refractivity contribution >= 4 is 15.9 Å². The Morgan fingerprint density at radius 3 is 2.47 bits per heavy atom. The standard InChI is InChI=1S/C14H12BrF2NO/c1-8(18)14-10(16)3-2-4-13(14)19-12-6-5-9(15)7-11(12)17/h2-8H,18H2,1H3/t8-/m0/s1. The molecule has 0 unspecified atom stereocenters. The first-order valence-electron chi connectivity index (χ1n) is 5.66. The smallest absolute Gasteiger partial charge is 0.166 e. The Hall–Kier alpha value is -1.46. The predicted molar refractivity (Wildman–Crippen MR) is 73.2 cm³/mol. The Bertz CT molecular complexity index is 602. The van der Waals surface area contributed by atoms with Crippen molar-refractivity contribution in [2.75, 3.05) is 0 Å². The Morgan fingerprint density at radius 2 is 1.84 bits per heavy atom. The van der Waals surface area contributed by atoms with Gasteiger partial charge in [0.25, 0.3) is 0 Å². The van der Waals surface area contributed by atoms with Crippen molar-refractivity contribution in [2.45, 2.75) is 13.0 Å². The van der Waals surface area contributed by atoms with Crippen LogP contribution in [0.1, 0.15) is 18.5 Å². The fourth-order valence-corrected chi connectivity index (χ4v) is 2.06. The van der Waals surface area contributed by atoms with E-state index in [-0.39, 0.29) is 17.1 Å². The highest BCUT2D eigenvalue weighted by molar-refractivity contribution is 9.10. The van der Waals surface area contributed by atoms with Gasteiger partial charge in [-0.1, -0.05) is 22.0 Å². The zero-order chi connectivity index (χ0) is 14.0. The Labute approximate surface area is 118 Å². The number of nitrogens with two attached hydrogens (primary N) is 1. The average Bonchev–Trinajstić information content (AvgIpc) is 2.32. The second-order valence-corrected chi connectivity index (χ2v) is 5.03. The van der Waals surface area contributed by atoms with E-state index in [9.17, 15) is 8.78 Å². The van der Waals surface area contributed by atoms with E-state index < -0.39 is 17.7 Å². The average molecular weight is 328 g/mol. The van der Waals surface area contributed by atoms with Gasteiger partial charge < -0.3 is 10.5 Å². The van der Waals surface area contributed by atoms with Gasteiger partial charge in [-0.05, 0) is 37.3 Å². The molecule has 100 valence electrons. The predicted octanol–water partition coefficient (Wildman–Crippen LogP) is 4.54. The van der Waals surface area contributed by atoms with E-state index in [0.29, 0.717) is 4.47 Å². The molecular formula is C14H12BrF2NO. The summed E-state index contributed by atoms with van der Waals surface area (Å²) in [6.07, 6.45) is 0. The monoisotopic (exact) mass is 327 g/mol. The van der Waals surface area contributed by atoms with Crippen molar-refractivity contribution in [3.8, 4) is 11.5 Å². The largest absolute Gasteiger partial charge is 0.454 e. The number of rotatable bonds is 3. The fraction of sp³-hybridized carbons (Fsp3) is 0.143. The third kappa shape index (κ3) is 3.11. The summed E-state index contributed by atoms with van der Waals surface area (Å²) in [6, 6.07) is 8.19. The zero-order valence-corrected chi connectivity index (χ0v) is 11.7. The molecular weight excluding hydrogens is 316 g/mol. The van der Waals surface area contributed by atoms with E-state index in [4.69, 9.17) is 10.5 Å². The molecule has 0 saturated carbocycles. The highest BCUT2D eigenvalue weighted by Gasteiger charge is 2.15. The Balaban J connectivity index is 2.41. The second-order valence-electron chi connectivity index (χ2n) is 4.12. The lowest BCUT2D eigenvalue weighted by molar-refractivity contribution is 0.428. The SMILES string of the molecule is C[C@H](N)c1c(F)cccc1Oc1ccc(Br)cc1F. The van der Waals surface area contributed by atoms with Crippen LogP contribution in [0.25, 0.3) is 0 Å². The molecule has 0 fully saturated rings. The molecule has 2 rings (SSSR count). The van der Waals surface area contributed by atoms with Crippen LogP contribution in [0, 0.1) is 11.6 Å². The third-order valence-electron chi connectivity index (χ3n) is 2.58. The van der Waals surface area contributed by atoms with Crippen LogP contribution < -0.4 is 10.5 Å². The maximum Gasteiger partial charge on any atom is 0.166 e. The van der Waals surface area contributed by atoms with Crippen LogP contribution in [0.15, 0.2) is 40.9 Å². The lowest BCUT2D eigenvalue weighted by atomic mass is 10.1. The summed E-state index contributed by atoms with van der Waals surface area (Å²) in [4.78, 5) is 0. The summed E-state index contributed by atoms with van der Waals surface area (Å²) in [6.45, 7) is 1.64. The summed E-state index contributed by atoms with van der Waals surface area (Å²) < 4.78 is 33.4. The van der Waals surface area contributed by atoms with Gasteiger partial charge in [0, 0.05) is 16.1 Å². The van der Waals surface area contributed by atoms with Gasteiger partial charge in [0.2, 0.25) is 0 Å². The van der Waals surface area contributed by atoms with Crippen LogP contribution in [0.5, 0.6) is 11.5 Å².